The monoisotopic (exact) mass is 299 g/mol. The highest BCUT2D eigenvalue weighted by atomic mass is 31.1. The van der Waals surface area contributed by atoms with Crippen molar-refractivity contribution in [3.05, 3.63) is 63.7 Å². The normalized spacial score (nSPS) is 11.4. The van der Waals surface area contributed by atoms with E-state index in [1.54, 1.807) is 0 Å². The average molecular weight is 299 g/mol. The van der Waals surface area contributed by atoms with E-state index < -0.39 is 7.80 Å². The van der Waals surface area contributed by atoms with Crippen molar-refractivity contribution in [2.75, 3.05) is 0 Å². The van der Waals surface area contributed by atoms with Crippen molar-refractivity contribution in [3.63, 3.8) is 0 Å². The van der Waals surface area contributed by atoms with Crippen molar-refractivity contribution in [2.45, 2.75) is 34.6 Å². The van der Waals surface area contributed by atoms with Gasteiger partial charge < -0.3 is 0 Å². The Morgan fingerprint density at radius 1 is 0.810 bits per heavy atom. The molecule has 2 aromatic rings. The second-order valence-electron chi connectivity index (χ2n) is 5.66. The maximum Gasteiger partial charge on any atom is 0.458 e. The molecule has 0 aliphatic rings. The summed E-state index contributed by atoms with van der Waals surface area (Å²) in [4.78, 5) is 12.7. The predicted molar refractivity (Wildman–Crippen MR) is 88.1 cm³/mol. The fourth-order valence-electron chi connectivity index (χ4n) is 2.67. The molecule has 0 amide bonds. The Bertz CT molecular complexity index is 722. The number of rotatable bonds is 3. The van der Waals surface area contributed by atoms with Crippen LogP contribution in [0.1, 0.15) is 38.2 Å². The fourth-order valence-corrected chi connectivity index (χ4v) is 4.16. The van der Waals surface area contributed by atoms with Gasteiger partial charge in [-0.15, -0.1) is 0 Å². The first-order valence-electron chi connectivity index (χ1n) is 6.98. The van der Waals surface area contributed by atoms with Crippen LogP contribution in [0.3, 0.4) is 0 Å². The SMILES string of the molecule is Cc1cc(C)c(C(=O)[P+](=O)c2cc(C)ccc2C)c(C)c1. The van der Waals surface area contributed by atoms with E-state index in [1.165, 1.54) is 0 Å². The van der Waals surface area contributed by atoms with Crippen LogP contribution < -0.4 is 5.30 Å². The van der Waals surface area contributed by atoms with Crippen LogP contribution in [0.25, 0.3) is 0 Å². The van der Waals surface area contributed by atoms with Gasteiger partial charge in [0, 0.05) is 5.56 Å². The molecule has 0 N–H and O–H groups in total. The Morgan fingerprint density at radius 3 is 1.95 bits per heavy atom. The van der Waals surface area contributed by atoms with Crippen molar-refractivity contribution >= 4 is 18.6 Å². The van der Waals surface area contributed by atoms with Gasteiger partial charge in [-0.2, -0.15) is 0 Å². The molecule has 3 heteroatoms. The maximum atomic E-state index is 12.7. The Kier molecular flexibility index (Phi) is 4.39. The van der Waals surface area contributed by atoms with Crippen LogP contribution in [0.2, 0.25) is 0 Å². The van der Waals surface area contributed by atoms with Crippen molar-refractivity contribution in [2.24, 2.45) is 0 Å². The van der Waals surface area contributed by atoms with Crippen LogP contribution in [0.4, 0.5) is 0 Å². The molecule has 0 heterocycles. The Hall–Kier alpha value is -1.79. The van der Waals surface area contributed by atoms with Gasteiger partial charge in [-0.05, 0) is 57.4 Å². The number of carbonyl (C=O) groups is 1. The molecule has 0 radical (unpaired) electrons. The highest BCUT2D eigenvalue weighted by Gasteiger charge is 2.36. The molecule has 0 saturated carbocycles. The third kappa shape index (κ3) is 3.11. The lowest BCUT2D eigenvalue weighted by atomic mass is 10.0. The van der Waals surface area contributed by atoms with E-state index in [9.17, 15) is 9.36 Å². The van der Waals surface area contributed by atoms with Crippen LogP contribution in [0.5, 0.6) is 0 Å². The smallest absolute Gasteiger partial charge is 0.234 e. The highest BCUT2D eigenvalue weighted by molar-refractivity contribution is 7.71. The minimum absolute atomic E-state index is 0.270. The molecule has 21 heavy (non-hydrogen) atoms. The second kappa shape index (κ2) is 5.91. The minimum Gasteiger partial charge on any atom is -0.234 e. The Labute approximate surface area is 127 Å². The number of hydrogen-bond donors (Lipinski definition) is 0. The van der Waals surface area contributed by atoms with Crippen molar-refractivity contribution < 1.29 is 9.36 Å². The molecule has 1 atom stereocenters. The molecule has 0 spiro atoms. The zero-order chi connectivity index (χ0) is 15.7. The van der Waals surface area contributed by atoms with E-state index in [-0.39, 0.29) is 5.52 Å². The molecule has 0 fully saturated rings. The zero-order valence-electron chi connectivity index (χ0n) is 13.2. The van der Waals surface area contributed by atoms with Gasteiger partial charge in [0.2, 0.25) is 5.30 Å². The lowest BCUT2D eigenvalue weighted by Crippen LogP contribution is -2.10. The Balaban J connectivity index is 2.50. The van der Waals surface area contributed by atoms with E-state index in [0.717, 1.165) is 27.8 Å². The summed E-state index contributed by atoms with van der Waals surface area (Å²) in [6.45, 7) is 9.64. The predicted octanol–water partition coefficient (Wildman–Crippen LogP) is 4.52. The number of benzene rings is 2. The third-order valence-electron chi connectivity index (χ3n) is 3.66. The molecule has 1 unspecified atom stereocenters. The van der Waals surface area contributed by atoms with Crippen LogP contribution in [0.15, 0.2) is 30.3 Å². The summed E-state index contributed by atoms with van der Waals surface area (Å²) < 4.78 is 12.7. The lowest BCUT2D eigenvalue weighted by molar-refractivity contribution is 0.107. The van der Waals surface area contributed by atoms with Gasteiger partial charge in [0.15, 0.2) is 0 Å². The Morgan fingerprint density at radius 2 is 1.38 bits per heavy atom. The van der Waals surface area contributed by atoms with Gasteiger partial charge in [-0.3, -0.25) is 0 Å². The van der Waals surface area contributed by atoms with Crippen molar-refractivity contribution in [3.8, 4) is 0 Å². The summed E-state index contributed by atoms with van der Waals surface area (Å²) in [5.41, 5.74) is 5.15. The molecule has 2 nitrogen and oxygen atoms in total. The van der Waals surface area contributed by atoms with Gasteiger partial charge in [-0.1, -0.05) is 34.4 Å². The van der Waals surface area contributed by atoms with Gasteiger partial charge in [0.25, 0.3) is 0 Å². The van der Waals surface area contributed by atoms with Gasteiger partial charge >= 0.3 is 13.3 Å². The van der Waals surface area contributed by atoms with Crippen LogP contribution in [-0.4, -0.2) is 5.52 Å². The first-order chi connectivity index (χ1) is 9.81. The van der Waals surface area contributed by atoms with E-state index in [4.69, 9.17) is 0 Å². The topological polar surface area (TPSA) is 34.1 Å². The average Bonchev–Trinajstić information content (AvgIpc) is 2.39. The molecule has 2 aromatic carbocycles. The molecule has 2 rings (SSSR count). The van der Waals surface area contributed by atoms with Crippen molar-refractivity contribution in [1.29, 1.82) is 0 Å². The molecular weight excluding hydrogens is 279 g/mol. The molecule has 0 aliphatic heterocycles. The minimum atomic E-state index is -2.08. The van der Waals surface area contributed by atoms with Crippen LogP contribution in [-0.2, 0) is 4.57 Å². The molecule has 0 bridgehead atoms. The quantitative estimate of drug-likeness (QED) is 0.781. The first kappa shape index (κ1) is 15.6. The molecule has 0 saturated heterocycles. The first-order valence-corrected chi connectivity index (χ1v) is 8.24. The lowest BCUT2D eigenvalue weighted by Gasteiger charge is -2.05. The van der Waals surface area contributed by atoms with Crippen LogP contribution >= 0.6 is 7.80 Å². The summed E-state index contributed by atoms with van der Waals surface area (Å²) in [7, 11) is -2.08. The summed E-state index contributed by atoms with van der Waals surface area (Å²) in [5.74, 6) is 0. The number of hydrogen-bond acceptors (Lipinski definition) is 2. The standard InChI is InChI=1S/C18H20O2P/c1-11-6-7-13(3)16(10-11)21(20)18(19)17-14(4)8-12(2)9-15(17)5/h6-10H,1-5H3/q+1. The van der Waals surface area contributed by atoms with Crippen molar-refractivity contribution in [1.82, 2.24) is 0 Å². The molecular formula is C18H20O2P+. The van der Waals surface area contributed by atoms with E-state index >= 15 is 0 Å². The van der Waals surface area contributed by atoms with E-state index in [1.807, 2.05) is 65.0 Å². The maximum absolute atomic E-state index is 12.7. The fraction of sp³-hybridized carbons (Fsp3) is 0.278. The summed E-state index contributed by atoms with van der Waals surface area (Å²) in [6, 6.07) is 9.67. The number of aryl methyl sites for hydroxylation is 5. The van der Waals surface area contributed by atoms with Gasteiger partial charge in [0.1, 0.15) is 0 Å². The highest BCUT2D eigenvalue weighted by Crippen LogP contribution is 2.31. The van der Waals surface area contributed by atoms with E-state index in [0.29, 0.717) is 10.9 Å². The number of carbonyl (C=O) groups excluding carboxylic acids is 1. The second-order valence-corrected chi connectivity index (χ2v) is 7.14. The molecule has 0 aromatic heterocycles. The van der Waals surface area contributed by atoms with Gasteiger partial charge in [-0.25, -0.2) is 4.79 Å². The molecule has 0 aliphatic carbocycles. The van der Waals surface area contributed by atoms with Crippen LogP contribution in [0, 0.1) is 34.6 Å². The summed E-state index contributed by atoms with van der Waals surface area (Å²) in [6.07, 6.45) is 0. The van der Waals surface area contributed by atoms with E-state index in [2.05, 4.69) is 0 Å². The largest absolute Gasteiger partial charge is 0.458 e. The summed E-state index contributed by atoms with van der Waals surface area (Å²) in [5, 5.41) is 0.648. The zero-order valence-corrected chi connectivity index (χ0v) is 14.0. The third-order valence-corrected chi connectivity index (χ3v) is 5.17. The van der Waals surface area contributed by atoms with Gasteiger partial charge in [0.05, 0.1) is 5.56 Å². The summed E-state index contributed by atoms with van der Waals surface area (Å²) >= 11 is 0. The molecule has 108 valence electrons.